The second-order valence-corrected chi connectivity index (χ2v) is 3.95. The smallest absolute Gasteiger partial charge is 0.315 e. The molecule has 0 aliphatic rings. The summed E-state index contributed by atoms with van der Waals surface area (Å²) in [5.74, 6) is 1.52. The quantitative estimate of drug-likeness (QED) is 0.850. The van der Waals surface area contributed by atoms with Crippen LogP contribution >= 0.6 is 0 Å². The first-order valence-corrected chi connectivity index (χ1v) is 6.01. The molecule has 1 aromatic heterocycles. The van der Waals surface area contributed by atoms with Gasteiger partial charge in [0.1, 0.15) is 5.75 Å². The van der Waals surface area contributed by atoms with Crippen molar-refractivity contribution >= 4 is 6.01 Å². The van der Waals surface area contributed by atoms with Gasteiger partial charge in [0, 0.05) is 13.0 Å². The number of anilines is 1. The highest BCUT2D eigenvalue weighted by Gasteiger charge is 2.04. The van der Waals surface area contributed by atoms with Crippen LogP contribution in [0.1, 0.15) is 24.8 Å². The molecule has 5 nitrogen and oxygen atoms in total. The predicted octanol–water partition coefficient (Wildman–Crippen LogP) is 2.64. The molecule has 0 atom stereocenters. The summed E-state index contributed by atoms with van der Waals surface area (Å²) in [6, 6.07) is 8.31. The minimum absolute atomic E-state index is 0.467. The van der Waals surface area contributed by atoms with Gasteiger partial charge in [0.05, 0.1) is 7.11 Å². The van der Waals surface area contributed by atoms with E-state index in [4.69, 9.17) is 9.15 Å². The minimum Gasteiger partial charge on any atom is -0.497 e. The average Bonchev–Trinajstić information content (AvgIpc) is 2.85. The highest BCUT2D eigenvalue weighted by Crippen LogP contribution is 2.13. The van der Waals surface area contributed by atoms with E-state index in [9.17, 15) is 0 Å². The Morgan fingerprint density at radius 2 is 2.00 bits per heavy atom. The summed E-state index contributed by atoms with van der Waals surface area (Å²) in [5.41, 5.74) is 1.13. The Bertz CT molecular complexity index is 479. The highest BCUT2D eigenvalue weighted by molar-refractivity contribution is 5.29. The first-order chi connectivity index (χ1) is 8.81. The average molecular weight is 247 g/mol. The van der Waals surface area contributed by atoms with Gasteiger partial charge in [-0.3, -0.25) is 0 Å². The lowest BCUT2D eigenvalue weighted by Gasteiger charge is -2.03. The summed E-state index contributed by atoms with van der Waals surface area (Å²) >= 11 is 0. The Morgan fingerprint density at radius 1 is 1.22 bits per heavy atom. The maximum absolute atomic E-state index is 5.43. The van der Waals surface area contributed by atoms with Gasteiger partial charge in [-0.25, -0.2) is 0 Å². The van der Waals surface area contributed by atoms with Crippen molar-refractivity contribution in [2.24, 2.45) is 0 Å². The lowest BCUT2D eigenvalue weighted by atomic mass is 10.2. The third kappa shape index (κ3) is 3.23. The van der Waals surface area contributed by atoms with E-state index in [1.165, 1.54) is 0 Å². The molecule has 0 bridgehead atoms. The van der Waals surface area contributed by atoms with Crippen LogP contribution in [0.15, 0.2) is 28.7 Å². The van der Waals surface area contributed by atoms with E-state index in [-0.39, 0.29) is 0 Å². The zero-order valence-corrected chi connectivity index (χ0v) is 10.6. The number of benzene rings is 1. The minimum atomic E-state index is 0.467. The van der Waals surface area contributed by atoms with Crippen molar-refractivity contribution in [3.63, 3.8) is 0 Å². The van der Waals surface area contributed by atoms with Crippen molar-refractivity contribution in [3.8, 4) is 5.75 Å². The molecule has 18 heavy (non-hydrogen) atoms. The second-order valence-electron chi connectivity index (χ2n) is 3.95. The summed E-state index contributed by atoms with van der Waals surface area (Å²) in [7, 11) is 1.65. The first kappa shape index (κ1) is 12.4. The number of nitrogens with one attached hydrogen (secondary N) is 1. The monoisotopic (exact) mass is 247 g/mol. The Hall–Kier alpha value is -2.04. The molecule has 0 fully saturated rings. The Balaban J connectivity index is 1.89. The summed E-state index contributed by atoms with van der Waals surface area (Å²) in [4.78, 5) is 0. The number of aromatic nitrogens is 2. The van der Waals surface area contributed by atoms with E-state index in [0.717, 1.165) is 24.2 Å². The highest BCUT2D eigenvalue weighted by atomic mass is 16.5. The van der Waals surface area contributed by atoms with Crippen molar-refractivity contribution < 1.29 is 9.15 Å². The molecule has 1 heterocycles. The maximum atomic E-state index is 5.43. The van der Waals surface area contributed by atoms with E-state index >= 15 is 0 Å². The second kappa shape index (κ2) is 6.05. The van der Waals surface area contributed by atoms with E-state index in [2.05, 4.69) is 22.4 Å². The van der Waals surface area contributed by atoms with Gasteiger partial charge in [0.25, 0.3) is 0 Å². The van der Waals surface area contributed by atoms with Crippen molar-refractivity contribution in [2.45, 2.75) is 26.3 Å². The summed E-state index contributed by atoms with van der Waals surface area (Å²) in [5, 5.41) is 11.0. The summed E-state index contributed by atoms with van der Waals surface area (Å²) in [6.07, 6.45) is 1.82. The van der Waals surface area contributed by atoms with Gasteiger partial charge in [-0.15, -0.1) is 5.10 Å². The molecule has 96 valence electrons. The van der Waals surface area contributed by atoms with Crippen molar-refractivity contribution in [1.82, 2.24) is 10.2 Å². The number of nitrogens with zero attached hydrogens (tertiary/aromatic N) is 2. The van der Waals surface area contributed by atoms with Gasteiger partial charge in [-0.2, -0.15) is 0 Å². The molecule has 0 saturated heterocycles. The van der Waals surface area contributed by atoms with Gasteiger partial charge in [-0.05, 0) is 24.1 Å². The molecule has 0 aliphatic heterocycles. The number of ether oxygens (including phenoxy) is 1. The van der Waals surface area contributed by atoms with Gasteiger partial charge in [0.15, 0.2) is 0 Å². The molecule has 5 heteroatoms. The largest absolute Gasteiger partial charge is 0.497 e. The number of aryl methyl sites for hydroxylation is 1. The number of methoxy groups -OCH3 is 1. The summed E-state index contributed by atoms with van der Waals surface area (Å²) < 4.78 is 10.5. The zero-order chi connectivity index (χ0) is 12.8. The molecule has 0 saturated carbocycles. The molecule has 0 unspecified atom stereocenters. The lowest BCUT2D eigenvalue weighted by Crippen LogP contribution is -1.99. The lowest BCUT2D eigenvalue weighted by molar-refractivity contribution is 0.414. The van der Waals surface area contributed by atoms with Crippen LogP contribution in [0.5, 0.6) is 5.75 Å². The molecular weight excluding hydrogens is 230 g/mol. The van der Waals surface area contributed by atoms with E-state index in [1.54, 1.807) is 7.11 Å². The topological polar surface area (TPSA) is 60.2 Å². The van der Waals surface area contributed by atoms with Crippen LogP contribution in [0.4, 0.5) is 6.01 Å². The van der Waals surface area contributed by atoms with Crippen molar-refractivity contribution in [3.05, 3.63) is 35.7 Å². The SMILES string of the molecule is CCCc1nnc(NCc2ccc(OC)cc2)o1. The van der Waals surface area contributed by atoms with E-state index < -0.39 is 0 Å². The molecule has 1 N–H and O–H groups in total. The maximum Gasteiger partial charge on any atom is 0.315 e. The van der Waals surface area contributed by atoms with Crippen LogP contribution in [-0.2, 0) is 13.0 Å². The van der Waals surface area contributed by atoms with Gasteiger partial charge < -0.3 is 14.5 Å². The van der Waals surface area contributed by atoms with Crippen LogP contribution in [0, 0.1) is 0 Å². The van der Waals surface area contributed by atoms with Crippen LogP contribution < -0.4 is 10.1 Å². The van der Waals surface area contributed by atoms with Gasteiger partial charge in [-0.1, -0.05) is 24.2 Å². The van der Waals surface area contributed by atoms with E-state index in [0.29, 0.717) is 18.5 Å². The molecule has 0 amide bonds. The number of hydrogen-bond acceptors (Lipinski definition) is 5. The third-order valence-electron chi connectivity index (χ3n) is 2.53. The van der Waals surface area contributed by atoms with Crippen LogP contribution in [-0.4, -0.2) is 17.3 Å². The number of hydrogen-bond donors (Lipinski definition) is 1. The fourth-order valence-electron chi connectivity index (χ4n) is 1.56. The zero-order valence-electron chi connectivity index (χ0n) is 10.6. The third-order valence-corrected chi connectivity index (χ3v) is 2.53. The Labute approximate surface area is 106 Å². The normalized spacial score (nSPS) is 10.3. The van der Waals surface area contributed by atoms with Crippen molar-refractivity contribution in [1.29, 1.82) is 0 Å². The Kier molecular flexibility index (Phi) is 4.17. The summed E-state index contributed by atoms with van der Waals surface area (Å²) in [6.45, 7) is 2.73. The molecular formula is C13H17N3O2. The fraction of sp³-hybridized carbons (Fsp3) is 0.385. The molecule has 0 aliphatic carbocycles. The predicted molar refractivity (Wildman–Crippen MR) is 68.6 cm³/mol. The Morgan fingerprint density at radius 3 is 2.67 bits per heavy atom. The molecule has 2 aromatic rings. The number of rotatable bonds is 6. The van der Waals surface area contributed by atoms with Gasteiger partial charge >= 0.3 is 6.01 Å². The fourth-order valence-corrected chi connectivity index (χ4v) is 1.56. The molecule has 2 rings (SSSR count). The van der Waals surface area contributed by atoms with E-state index in [1.807, 2.05) is 24.3 Å². The standard InChI is InChI=1S/C13H17N3O2/c1-3-4-12-15-16-13(18-12)14-9-10-5-7-11(17-2)8-6-10/h5-8H,3-4,9H2,1-2H3,(H,14,16). The molecule has 0 radical (unpaired) electrons. The molecule has 0 spiro atoms. The van der Waals surface area contributed by atoms with Crippen LogP contribution in [0.2, 0.25) is 0 Å². The van der Waals surface area contributed by atoms with Crippen LogP contribution in [0.25, 0.3) is 0 Å². The van der Waals surface area contributed by atoms with Gasteiger partial charge in [0.2, 0.25) is 5.89 Å². The van der Waals surface area contributed by atoms with Crippen molar-refractivity contribution in [2.75, 3.05) is 12.4 Å². The van der Waals surface area contributed by atoms with Crippen LogP contribution in [0.3, 0.4) is 0 Å². The molecule has 1 aromatic carbocycles. The first-order valence-electron chi connectivity index (χ1n) is 6.01.